The third-order valence-corrected chi connectivity index (χ3v) is 3.56. The number of rotatable bonds is 2. The van der Waals surface area contributed by atoms with Crippen molar-refractivity contribution in [2.75, 3.05) is 7.05 Å². The Morgan fingerprint density at radius 3 is 2.15 bits per heavy atom. The van der Waals surface area contributed by atoms with Gasteiger partial charge in [-0.2, -0.15) is 13.2 Å². The first-order chi connectivity index (χ1) is 9.21. The summed E-state index contributed by atoms with van der Waals surface area (Å²) >= 11 is 0. The van der Waals surface area contributed by atoms with Gasteiger partial charge >= 0.3 is 6.18 Å². The zero-order valence-electron chi connectivity index (χ0n) is 11.5. The first-order valence-electron chi connectivity index (χ1n) is 6.41. The van der Waals surface area contributed by atoms with Gasteiger partial charge in [-0.05, 0) is 23.6 Å². The summed E-state index contributed by atoms with van der Waals surface area (Å²) in [5.74, 6) is 0.0919. The number of amides is 1. The smallest absolute Gasteiger partial charge is 0.325 e. The van der Waals surface area contributed by atoms with E-state index in [-0.39, 0.29) is 24.0 Å². The van der Waals surface area contributed by atoms with Crippen LogP contribution >= 0.6 is 0 Å². The number of hydrogen-bond donors (Lipinski definition) is 1. The Balaban J connectivity index is 2.23. The van der Waals surface area contributed by atoms with Crippen molar-refractivity contribution in [1.29, 1.82) is 0 Å². The fourth-order valence-electron chi connectivity index (χ4n) is 2.35. The molecule has 1 N–H and O–H groups in total. The number of hydrogen-bond acceptors (Lipinski definition) is 2. The second-order valence-electron chi connectivity index (χ2n) is 5.36. The molecule has 1 amide bonds. The van der Waals surface area contributed by atoms with Gasteiger partial charge in [0.2, 0.25) is 5.91 Å². The molecule has 0 radical (unpaired) electrons. The van der Waals surface area contributed by atoms with Gasteiger partial charge in [0.05, 0.1) is 11.6 Å². The predicted molar refractivity (Wildman–Crippen MR) is 68.7 cm³/mol. The fourth-order valence-corrected chi connectivity index (χ4v) is 2.35. The van der Waals surface area contributed by atoms with Crippen LogP contribution in [0.25, 0.3) is 0 Å². The minimum absolute atomic E-state index is 0.0371. The Labute approximate surface area is 115 Å². The number of benzene rings is 1. The molecule has 1 fully saturated rings. The molecular weight excluding hydrogens is 269 g/mol. The van der Waals surface area contributed by atoms with E-state index >= 15 is 0 Å². The minimum atomic E-state index is -4.34. The van der Waals surface area contributed by atoms with Crippen molar-refractivity contribution in [1.82, 2.24) is 10.2 Å². The van der Waals surface area contributed by atoms with Gasteiger partial charge in [-0.25, -0.2) is 0 Å². The molecule has 110 valence electrons. The lowest BCUT2D eigenvalue weighted by molar-refractivity contribution is -0.137. The quantitative estimate of drug-likeness (QED) is 0.906. The van der Waals surface area contributed by atoms with E-state index in [9.17, 15) is 18.0 Å². The SMILES string of the molecule is CC(C)C1NC(c2ccc(C(F)(F)F)cc2)N(C)C1=O. The molecule has 0 saturated carbocycles. The van der Waals surface area contributed by atoms with Crippen LogP contribution in [-0.2, 0) is 11.0 Å². The van der Waals surface area contributed by atoms with Crippen LogP contribution in [0, 0.1) is 5.92 Å². The third kappa shape index (κ3) is 2.65. The van der Waals surface area contributed by atoms with Crippen LogP contribution in [0.15, 0.2) is 24.3 Å². The Kier molecular flexibility index (Phi) is 3.77. The van der Waals surface area contributed by atoms with Crippen LogP contribution in [0.3, 0.4) is 0 Å². The number of nitrogens with one attached hydrogen (secondary N) is 1. The molecule has 1 aromatic carbocycles. The molecule has 6 heteroatoms. The third-order valence-electron chi connectivity index (χ3n) is 3.56. The molecule has 1 aromatic rings. The van der Waals surface area contributed by atoms with Gasteiger partial charge in [0.25, 0.3) is 0 Å². The predicted octanol–water partition coefficient (Wildman–Crippen LogP) is 2.79. The van der Waals surface area contributed by atoms with Crippen molar-refractivity contribution >= 4 is 5.91 Å². The van der Waals surface area contributed by atoms with Crippen molar-refractivity contribution in [3.05, 3.63) is 35.4 Å². The average molecular weight is 286 g/mol. The van der Waals surface area contributed by atoms with E-state index in [4.69, 9.17) is 0 Å². The summed E-state index contributed by atoms with van der Waals surface area (Å²) in [6.45, 7) is 3.86. The highest BCUT2D eigenvalue weighted by Crippen LogP contribution is 2.32. The maximum Gasteiger partial charge on any atom is 0.416 e. The van der Waals surface area contributed by atoms with E-state index in [0.717, 1.165) is 12.1 Å². The van der Waals surface area contributed by atoms with Crippen LogP contribution in [0.1, 0.15) is 31.1 Å². The molecule has 2 unspecified atom stereocenters. The normalized spacial score (nSPS) is 23.8. The molecule has 1 aliphatic heterocycles. The van der Waals surface area contributed by atoms with Gasteiger partial charge in [0, 0.05) is 7.05 Å². The summed E-state index contributed by atoms with van der Waals surface area (Å²) in [5, 5.41) is 3.16. The van der Waals surface area contributed by atoms with E-state index in [1.54, 1.807) is 7.05 Å². The highest BCUT2D eigenvalue weighted by Gasteiger charge is 2.39. The molecule has 0 bridgehead atoms. The second-order valence-corrected chi connectivity index (χ2v) is 5.36. The molecule has 3 nitrogen and oxygen atoms in total. The van der Waals surface area contributed by atoms with E-state index in [2.05, 4.69) is 5.32 Å². The maximum absolute atomic E-state index is 12.5. The van der Waals surface area contributed by atoms with Crippen LogP contribution in [0.4, 0.5) is 13.2 Å². The van der Waals surface area contributed by atoms with E-state index in [0.29, 0.717) is 5.56 Å². The first-order valence-corrected chi connectivity index (χ1v) is 6.41. The summed E-state index contributed by atoms with van der Waals surface area (Å²) in [7, 11) is 1.65. The molecule has 20 heavy (non-hydrogen) atoms. The fraction of sp³-hybridized carbons (Fsp3) is 0.500. The number of alkyl halides is 3. The van der Waals surface area contributed by atoms with Crippen LogP contribution < -0.4 is 5.32 Å². The molecule has 1 heterocycles. The second kappa shape index (κ2) is 5.09. The maximum atomic E-state index is 12.5. The Hall–Kier alpha value is -1.56. The Morgan fingerprint density at radius 1 is 1.20 bits per heavy atom. The molecule has 1 aliphatic rings. The highest BCUT2D eigenvalue weighted by atomic mass is 19.4. The monoisotopic (exact) mass is 286 g/mol. The van der Waals surface area contributed by atoms with Gasteiger partial charge in [0.15, 0.2) is 0 Å². The van der Waals surface area contributed by atoms with Crippen LogP contribution in [-0.4, -0.2) is 23.9 Å². The molecule has 2 atom stereocenters. The highest BCUT2D eigenvalue weighted by molar-refractivity contribution is 5.84. The number of nitrogens with zero attached hydrogens (tertiary/aromatic N) is 1. The Bertz CT molecular complexity index is 496. The lowest BCUT2D eigenvalue weighted by Gasteiger charge is -2.20. The van der Waals surface area contributed by atoms with Crippen molar-refractivity contribution in [2.24, 2.45) is 5.92 Å². The van der Waals surface area contributed by atoms with Gasteiger partial charge in [-0.3, -0.25) is 10.1 Å². The zero-order valence-corrected chi connectivity index (χ0v) is 11.5. The molecule has 2 rings (SSSR count). The number of likely N-dealkylation sites (N-methyl/N-ethyl adjacent to an activating group) is 1. The van der Waals surface area contributed by atoms with Gasteiger partial charge in [0.1, 0.15) is 6.17 Å². The van der Waals surface area contributed by atoms with Gasteiger partial charge in [-0.15, -0.1) is 0 Å². The summed E-state index contributed by atoms with van der Waals surface area (Å²) in [6.07, 6.45) is -4.72. The molecule has 0 spiro atoms. The number of halogens is 3. The van der Waals surface area contributed by atoms with E-state index in [1.165, 1.54) is 17.0 Å². The zero-order chi connectivity index (χ0) is 15.1. The standard InChI is InChI=1S/C14H17F3N2O/c1-8(2)11-13(20)19(3)12(18-11)9-4-6-10(7-5-9)14(15,16)17/h4-8,11-12,18H,1-3H3. The molecule has 0 aliphatic carbocycles. The largest absolute Gasteiger partial charge is 0.416 e. The van der Waals surface area contributed by atoms with Gasteiger partial charge < -0.3 is 4.90 Å². The van der Waals surface area contributed by atoms with E-state index < -0.39 is 11.7 Å². The summed E-state index contributed by atoms with van der Waals surface area (Å²) in [5.41, 5.74) is -0.0364. The van der Waals surface area contributed by atoms with Crippen LogP contribution in [0.2, 0.25) is 0 Å². The first kappa shape index (κ1) is 14.8. The average Bonchev–Trinajstić information content (AvgIpc) is 2.66. The van der Waals surface area contributed by atoms with Gasteiger partial charge in [-0.1, -0.05) is 26.0 Å². The topological polar surface area (TPSA) is 32.3 Å². The Morgan fingerprint density at radius 2 is 1.75 bits per heavy atom. The lowest BCUT2D eigenvalue weighted by Crippen LogP contribution is -2.33. The number of carbonyl (C=O) groups excluding carboxylic acids is 1. The van der Waals surface area contributed by atoms with Crippen molar-refractivity contribution < 1.29 is 18.0 Å². The summed E-state index contributed by atoms with van der Waals surface area (Å²) in [6, 6.07) is 4.60. The van der Waals surface area contributed by atoms with E-state index in [1.807, 2.05) is 13.8 Å². The molecule has 1 saturated heterocycles. The van der Waals surface area contributed by atoms with Crippen molar-refractivity contribution in [2.45, 2.75) is 32.2 Å². The summed E-state index contributed by atoms with van der Waals surface area (Å²) < 4.78 is 37.6. The van der Waals surface area contributed by atoms with Crippen LogP contribution in [0.5, 0.6) is 0 Å². The number of carbonyl (C=O) groups is 1. The molecular formula is C14H17F3N2O. The van der Waals surface area contributed by atoms with Crippen molar-refractivity contribution in [3.63, 3.8) is 0 Å². The minimum Gasteiger partial charge on any atom is -0.325 e. The summed E-state index contributed by atoms with van der Waals surface area (Å²) in [4.78, 5) is 13.6. The molecule has 0 aromatic heterocycles. The lowest BCUT2D eigenvalue weighted by atomic mass is 10.1. The van der Waals surface area contributed by atoms with Crippen molar-refractivity contribution in [3.8, 4) is 0 Å².